The molecule has 96 valence electrons. The molecule has 1 aromatic carbocycles. The van der Waals surface area contributed by atoms with Crippen LogP contribution in [0.4, 0.5) is 4.39 Å². The molecule has 3 heteroatoms. The fourth-order valence-corrected chi connectivity index (χ4v) is 2.24. The molecule has 1 N–H and O–H groups in total. The van der Waals surface area contributed by atoms with Crippen molar-refractivity contribution in [3.63, 3.8) is 0 Å². The van der Waals surface area contributed by atoms with E-state index in [2.05, 4.69) is 5.32 Å². The van der Waals surface area contributed by atoms with Crippen LogP contribution in [-0.2, 0) is 12.8 Å². The van der Waals surface area contributed by atoms with Gasteiger partial charge in [-0.25, -0.2) is 4.39 Å². The van der Waals surface area contributed by atoms with Crippen molar-refractivity contribution in [3.05, 3.63) is 59.8 Å². The van der Waals surface area contributed by atoms with Crippen LogP contribution in [0.25, 0.3) is 0 Å². The lowest BCUT2D eigenvalue weighted by Gasteiger charge is -2.15. The lowest BCUT2D eigenvalue weighted by molar-refractivity contribution is 0.486. The van der Waals surface area contributed by atoms with Gasteiger partial charge in [0.15, 0.2) is 0 Å². The fraction of sp³-hybridized carbons (Fsp3) is 0.333. The summed E-state index contributed by atoms with van der Waals surface area (Å²) < 4.78 is 18.2. The predicted molar refractivity (Wildman–Crippen MR) is 69.9 cm³/mol. The van der Waals surface area contributed by atoms with E-state index >= 15 is 0 Å². The van der Waals surface area contributed by atoms with E-state index in [4.69, 9.17) is 4.42 Å². The van der Waals surface area contributed by atoms with E-state index in [-0.39, 0.29) is 5.82 Å². The van der Waals surface area contributed by atoms with Gasteiger partial charge in [0.2, 0.25) is 0 Å². The van der Waals surface area contributed by atoms with Crippen LogP contribution in [0.2, 0.25) is 0 Å². The van der Waals surface area contributed by atoms with E-state index in [0.717, 1.165) is 24.9 Å². The Hall–Kier alpha value is -1.61. The third kappa shape index (κ3) is 3.70. The molecular formula is C15H18FNO. The van der Waals surface area contributed by atoms with E-state index in [0.29, 0.717) is 5.92 Å². The van der Waals surface area contributed by atoms with Gasteiger partial charge in [-0.05, 0) is 61.7 Å². The molecule has 0 bridgehead atoms. The van der Waals surface area contributed by atoms with E-state index in [1.54, 1.807) is 24.7 Å². The van der Waals surface area contributed by atoms with Gasteiger partial charge in [0.05, 0.1) is 12.5 Å². The molecule has 18 heavy (non-hydrogen) atoms. The van der Waals surface area contributed by atoms with Crippen molar-refractivity contribution in [3.8, 4) is 0 Å². The van der Waals surface area contributed by atoms with Gasteiger partial charge in [-0.1, -0.05) is 12.1 Å². The van der Waals surface area contributed by atoms with Gasteiger partial charge in [0.1, 0.15) is 5.82 Å². The second-order valence-corrected chi connectivity index (χ2v) is 4.59. The highest BCUT2D eigenvalue weighted by molar-refractivity contribution is 5.18. The zero-order valence-corrected chi connectivity index (χ0v) is 10.5. The van der Waals surface area contributed by atoms with Crippen molar-refractivity contribution >= 4 is 0 Å². The Morgan fingerprint density at radius 1 is 1.22 bits per heavy atom. The van der Waals surface area contributed by atoms with Crippen molar-refractivity contribution in [1.82, 2.24) is 5.32 Å². The Kier molecular flexibility index (Phi) is 4.53. The maximum absolute atomic E-state index is 13.2. The number of hydrogen-bond acceptors (Lipinski definition) is 2. The van der Waals surface area contributed by atoms with E-state index in [9.17, 15) is 4.39 Å². The minimum absolute atomic E-state index is 0.168. The molecule has 0 spiro atoms. The topological polar surface area (TPSA) is 25.2 Å². The van der Waals surface area contributed by atoms with Crippen LogP contribution >= 0.6 is 0 Å². The molecule has 0 amide bonds. The van der Waals surface area contributed by atoms with Crippen molar-refractivity contribution < 1.29 is 8.81 Å². The molecule has 1 unspecified atom stereocenters. The summed E-state index contributed by atoms with van der Waals surface area (Å²) in [4.78, 5) is 0. The molecule has 0 saturated heterocycles. The average Bonchev–Trinajstić information content (AvgIpc) is 2.82. The largest absolute Gasteiger partial charge is 0.472 e. The molecule has 0 aliphatic carbocycles. The minimum Gasteiger partial charge on any atom is -0.472 e. The maximum atomic E-state index is 13.2. The summed E-state index contributed by atoms with van der Waals surface area (Å²) >= 11 is 0. The van der Waals surface area contributed by atoms with Gasteiger partial charge in [0.25, 0.3) is 0 Å². The van der Waals surface area contributed by atoms with Crippen LogP contribution in [-0.4, -0.2) is 13.6 Å². The van der Waals surface area contributed by atoms with Gasteiger partial charge < -0.3 is 9.73 Å². The van der Waals surface area contributed by atoms with Crippen LogP contribution in [0.5, 0.6) is 0 Å². The molecular weight excluding hydrogens is 229 g/mol. The summed E-state index contributed by atoms with van der Waals surface area (Å²) in [6.07, 6.45) is 5.26. The van der Waals surface area contributed by atoms with Crippen LogP contribution < -0.4 is 5.32 Å². The molecule has 1 atom stereocenters. The Labute approximate surface area is 107 Å². The molecule has 0 aliphatic heterocycles. The summed E-state index contributed by atoms with van der Waals surface area (Å²) in [6.45, 7) is 0.904. The number of hydrogen-bond donors (Lipinski definition) is 1. The smallest absolute Gasteiger partial charge is 0.123 e. The summed E-state index contributed by atoms with van der Waals surface area (Å²) in [7, 11) is 1.94. The van der Waals surface area contributed by atoms with Crippen molar-refractivity contribution in [1.29, 1.82) is 0 Å². The van der Waals surface area contributed by atoms with Crippen molar-refractivity contribution in [2.24, 2.45) is 5.92 Å². The van der Waals surface area contributed by atoms with Crippen LogP contribution in [0.1, 0.15) is 11.1 Å². The Morgan fingerprint density at radius 3 is 2.72 bits per heavy atom. The zero-order valence-electron chi connectivity index (χ0n) is 10.5. The van der Waals surface area contributed by atoms with Gasteiger partial charge in [-0.3, -0.25) is 0 Å². The van der Waals surface area contributed by atoms with Gasteiger partial charge in [-0.2, -0.15) is 0 Å². The number of benzene rings is 1. The van der Waals surface area contributed by atoms with E-state index < -0.39 is 0 Å². The lowest BCUT2D eigenvalue weighted by Crippen LogP contribution is -2.22. The van der Waals surface area contributed by atoms with E-state index in [1.807, 2.05) is 19.2 Å². The highest BCUT2D eigenvalue weighted by atomic mass is 19.1. The third-order valence-electron chi connectivity index (χ3n) is 3.01. The third-order valence-corrected chi connectivity index (χ3v) is 3.01. The number of rotatable bonds is 6. The molecule has 0 radical (unpaired) electrons. The maximum Gasteiger partial charge on any atom is 0.123 e. The molecule has 0 aliphatic rings. The Balaban J connectivity index is 2.01. The van der Waals surface area contributed by atoms with Gasteiger partial charge in [-0.15, -0.1) is 0 Å². The van der Waals surface area contributed by atoms with E-state index in [1.165, 1.54) is 11.6 Å². The SMILES string of the molecule is CNCC(Cc1ccoc1)Cc1cccc(F)c1. The zero-order chi connectivity index (χ0) is 12.8. The summed E-state index contributed by atoms with van der Waals surface area (Å²) in [5.41, 5.74) is 2.23. The minimum atomic E-state index is -0.168. The molecule has 0 saturated carbocycles. The van der Waals surface area contributed by atoms with Crippen LogP contribution in [0.3, 0.4) is 0 Å². The fourth-order valence-electron chi connectivity index (χ4n) is 2.24. The van der Waals surface area contributed by atoms with Crippen molar-refractivity contribution in [2.75, 3.05) is 13.6 Å². The monoisotopic (exact) mass is 247 g/mol. The van der Waals surface area contributed by atoms with Crippen molar-refractivity contribution in [2.45, 2.75) is 12.8 Å². The number of furan rings is 1. The molecule has 1 heterocycles. The first kappa shape index (κ1) is 12.8. The van der Waals surface area contributed by atoms with Crippen LogP contribution in [0, 0.1) is 11.7 Å². The average molecular weight is 247 g/mol. The molecule has 1 aromatic heterocycles. The first-order valence-corrected chi connectivity index (χ1v) is 6.18. The highest BCUT2D eigenvalue weighted by Gasteiger charge is 2.11. The van der Waals surface area contributed by atoms with Gasteiger partial charge in [0, 0.05) is 0 Å². The summed E-state index contributed by atoms with van der Waals surface area (Å²) in [6, 6.07) is 8.80. The molecule has 2 aromatic rings. The normalized spacial score (nSPS) is 12.6. The van der Waals surface area contributed by atoms with Gasteiger partial charge >= 0.3 is 0 Å². The first-order valence-electron chi connectivity index (χ1n) is 6.18. The number of nitrogens with one attached hydrogen (secondary N) is 1. The summed E-state index contributed by atoms with van der Waals surface area (Å²) in [5.74, 6) is 0.272. The predicted octanol–water partition coefficient (Wildman–Crippen LogP) is 3.04. The lowest BCUT2D eigenvalue weighted by atomic mass is 9.93. The highest BCUT2D eigenvalue weighted by Crippen LogP contribution is 2.15. The Bertz CT molecular complexity index is 467. The van der Waals surface area contributed by atoms with Crippen LogP contribution in [0.15, 0.2) is 47.3 Å². The first-order chi connectivity index (χ1) is 8.78. The number of halogens is 1. The molecule has 0 fully saturated rings. The molecule has 2 rings (SSSR count). The quantitative estimate of drug-likeness (QED) is 0.848. The second-order valence-electron chi connectivity index (χ2n) is 4.59. The molecule has 2 nitrogen and oxygen atoms in total. The standard InChI is InChI=1S/C15H18FNO/c1-17-10-14(8-13-5-6-18-11-13)7-12-3-2-4-15(16)9-12/h2-6,9,11,14,17H,7-8,10H2,1H3. The second kappa shape index (κ2) is 6.36. The summed E-state index contributed by atoms with van der Waals surface area (Å²) in [5, 5.41) is 3.19. The Morgan fingerprint density at radius 2 is 2.06 bits per heavy atom.